The molecule has 0 N–H and O–H groups in total. The summed E-state index contributed by atoms with van der Waals surface area (Å²) in [5, 5.41) is 0. The van der Waals surface area contributed by atoms with Crippen molar-refractivity contribution < 1.29 is 9.53 Å². The van der Waals surface area contributed by atoms with E-state index < -0.39 is 0 Å². The summed E-state index contributed by atoms with van der Waals surface area (Å²) in [5.74, 6) is 0.895. The molecule has 0 amide bonds. The first kappa shape index (κ1) is 8.97. The van der Waals surface area contributed by atoms with Crippen molar-refractivity contribution in [1.29, 1.82) is 0 Å². The maximum Gasteiger partial charge on any atom is 0.235 e. The van der Waals surface area contributed by atoms with Crippen molar-refractivity contribution in [2.24, 2.45) is 4.99 Å². The van der Waals surface area contributed by atoms with Gasteiger partial charge in [0.15, 0.2) is 0 Å². The van der Waals surface area contributed by atoms with E-state index in [-0.39, 0.29) is 0 Å². The number of nitrogens with zero attached hydrogens (tertiary/aromatic N) is 1. The van der Waals surface area contributed by atoms with Gasteiger partial charge in [0.1, 0.15) is 5.75 Å². The average molecular weight is 189 g/mol. The van der Waals surface area contributed by atoms with E-state index in [0.29, 0.717) is 12.6 Å². The minimum atomic E-state index is 0.396. The topological polar surface area (TPSA) is 38.7 Å². The van der Waals surface area contributed by atoms with Gasteiger partial charge in [-0.25, -0.2) is 9.79 Å². The fourth-order valence-electron chi connectivity index (χ4n) is 1.18. The highest BCUT2D eigenvalue weighted by molar-refractivity contribution is 5.34. The minimum Gasteiger partial charge on any atom is -0.490 e. The van der Waals surface area contributed by atoms with Crippen molar-refractivity contribution in [3.63, 3.8) is 0 Å². The van der Waals surface area contributed by atoms with Gasteiger partial charge >= 0.3 is 0 Å². The van der Waals surface area contributed by atoms with E-state index in [9.17, 15) is 4.79 Å². The Morgan fingerprint density at radius 1 is 1.36 bits per heavy atom. The van der Waals surface area contributed by atoms with E-state index in [1.165, 1.54) is 6.08 Å². The number of isocyanates is 1. The molecule has 3 heteroatoms. The number of aliphatic imine (C=N–C) groups is 1. The number of hydrogen-bond donors (Lipinski definition) is 0. The van der Waals surface area contributed by atoms with Gasteiger partial charge in [0.2, 0.25) is 6.08 Å². The third kappa shape index (κ3) is 2.44. The molecule has 0 bridgehead atoms. The third-order valence-corrected chi connectivity index (χ3v) is 2.08. The molecule has 0 radical (unpaired) electrons. The second-order valence-electron chi connectivity index (χ2n) is 3.37. The van der Waals surface area contributed by atoms with Gasteiger partial charge in [-0.05, 0) is 30.5 Å². The summed E-state index contributed by atoms with van der Waals surface area (Å²) in [6.45, 7) is 0.396. The lowest BCUT2D eigenvalue weighted by Gasteiger charge is -2.03. The lowest BCUT2D eigenvalue weighted by Crippen LogP contribution is -1.95. The fraction of sp³-hybridized carbons (Fsp3) is 0.364. The van der Waals surface area contributed by atoms with E-state index >= 15 is 0 Å². The number of ether oxygens (including phenoxy) is 1. The van der Waals surface area contributed by atoms with Crippen LogP contribution in [0.3, 0.4) is 0 Å². The highest BCUT2D eigenvalue weighted by Gasteiger charge is 2.23. The summed E-state index contributed by atoms with van der Waals surface area (Å²) < 4.78 is 5.58. The van der Waals surface area contributed by atoms with Crippen molar-refractivity contribution in [3.05, 3.63) is 29.8 Å². The first-order valence-corrected chi connectivity index (χ1v) is 4.68. The molecule has 0 spiro atoms. The third-order valence-electron chi connectivity index (χ3n) is 2.08. The Kier molecular flexibility index (Phi) is 2.61. The van der Waals surface area contributed by atoms with Crippen molar-refractivity contribution in [1.82, 2.24) is 0 Å². The van der Waals surface area contributed by atoms with Crippen LogP contribution >= 0.6 is 0 Å². The van der Waals surface area contributed by atoms with E-state index in [4.69, 9.17) is 4.74 Å². The molecule has 72 valence electrons. The van der Waals surface area contributed by atoms with Gasteiger partial charge in [0, 0.05) is 0 Å². The molecule has 0 heterocycles. The van der Waals surface area contributed by atoms with E-state index in [0.717, 1.165) is 24.2 Å². The van der Waals surface area contributed by atoms with Crippen LogP contribution in [-0.2, 0) is 11.3 Å². The fourth-order valence-corrected chi connectivity index (χ4v) is 1.18. The number of rotatable bonds is 4. The summed E-state index contributed by atoms with van der Waals surface area (Å²) >= 11 is 0. The minimum absolute atomic E-state index is 0.396. The molecule has 0 atom stereocenters. The van der Waals surface area contributed by atoms with Crippen LogP contribution in [0.25, 0.3) is 0 Å². The smallest absolute Gasteiger partial charge is 0.235 e. The number of carbonyl (C=O) groups excluding carboxylic acids is 1. The van der Waals surface area contributed by atoms with Gasteiger partial charge in [-0.1, -0.05) is 12.1 Å². The number of benzene rings is 1. The van der Waals surface area contributed by atoms with Gasteiger partial charge in [-0.15, -0.1) is 0 Å². The van der Waals surface area contributed by atoms with Crippen LogP contribution in [0.4, 0.5) is 0 Å². The first-order chi connectivity index (χ1) is 6.88. The summed E-state index contributed by atoms with van der Waals surface area (Å²) in [4.78, 5) is 13.4. The van der Waals surface area contributed by atoms with Crippen LogP contribution in [0, 0.1) is 0 Å². The zero-order chi connectivity index (χ0) is 9.80. The van der Waals surface area contributed by atoms with Crippen LogP contribution in [-0.4, -0.2) is 12.2 Å². The monoisotopic (exact) mass is 189 g/mol. The molecule has 0 unspecified atom stereocenters. The maximum absolute atomic E-state index is 9.88. The zero-order valence-electron chi connectivity index (χ0n) is 7.77. The van der Waals surface area contributed by atoms with E-state index in [1.54, 1.807) is 0 Å². The van der Waals surface area contributed by atoms with E-state index in [1.807, 2.05) is 24.3 Å². The summed E-state index contributed by atoms with van der Waals surface area (Å²) in [6.07, 6.45) is 4.27. The van der Waals surface area contributed by atoms with Crippen molar-refractivity contribution in [2.45, 2.75) is 25.5 Å². The van der Waals surface area contributed by atoms with Crippen LogP contribution in [0.5, 0.6) is 5.75 Å². The summed E-state index contributed by atoms with van der Waals surface area (Å²) in [5.41, 5.74) is 0.997. The van der Waals surface area contributed by atoms with Gasteiger partial charge in [-0.2, -0.15) is 0 Å². The zero-order valence-corrected chi connectivity index (χ0v) is 7.77. The SMILES string of the molecule is O=C=NCc1ccc(OC2CC2)cc1. The Labute approximate surface area is 82.4 Å². The molecular formula is C11H11NO2. The molecular weight excluding hydrogens is 178 g/mol. The van der Waals surface area contributed by atoms with Crippen molar-refractivity contribution in [2.75, 3.05) is 0 Å². The molecule has 14 heavy (non-hydrogen) atoms. The summed E-state index contributed by atoms with van der Waals surface area (Å²) in [6, 6.07) is 7.65. The van der Waals surface area contributed by atoms with E-state index in [2.05, 4.69) is 4.99 Å². The molecule has 3 nitrogen and oxygen atoms in total. The maximum atomic E-state index is 9.88. The quantitative estimate of drug-likeness (QED) is 0.537. The Morgan fingerprint density at radius 3 is 2.64 bits per heavy atom. The van der Waals surface area contributed by atoms with Gasteiger partial charge in [0.25, 0.3) is 0 Å². The second-order valence-corrected chi connectivity index (χ2v) is 3.37. The molecule has 0 aromatic heterocycles. The molecule has 0 saturated heterocycles. The summed E-state index contributed by atoms with van der Waals surface area (Å²) in [7, 11) is 0. The molecule has 1 aromatic rings. The average Bonchev–Trinajstić information content (AvgIpc) is 3.01. The molecule has 1 saturated carbocycles. The lowest BCUT2D eigenvalue weighted by atomic mass is 10.2. The van der Waals surface area contributed by atoms with Crippen LogP contribution in [0.1, 0.15) is 18.4 Å². The first-order valence-electron chi connectivity index (χ1n) is 4.68. The Bertz CT molecular complexity index is 348. The predicted octanol–water partition coefficient (Wildman–Crippen LogP) is 2.06. The molecule has 1 aromatic carbocycles. The normalized spacial score (nSPS) is 14.6. The molecule has 1 aliphatic carbocycles. The van der Waals surface area contributed by atoms with Gasteiger partial charge < -0.3 is 4.74 Å². The highest BCUT2D eigenvalue weighted by atomic mass is 16.5. The molecule has 2 rings (SSSR count). The Hall–Kier alpha value is -1.60. The Morgan fingerprint density at radius 2 is 2.07 bits per heavy atom. The lowest BCUT2D eigenvalue weighted by molar-refractivity contribution is 0.303. The molecule has 0 aliphatic heterocycles. The Balaban J connectivity index is 1.97. The molecule has 1 aliphatic rings. The van der Waals surface area contributed by atoms with Crippen molar-refractivity contribution >= 4 is 6.08 Å². The van der Waals surface area contributed by atoms with Crippen LogP contribution < -0.4 is 4.74 Å². The van der Waals surface area contributed by atoms with Gasteiger partial charge in [0.05, 0.1) is 12.6 Å². The van der Waals surface area contributed by atoms with Crippen molar-refractivity contribution in [3.8, 4) is 5.75 Å². The van der Waals surface area contributed by atoms with Crippen LogP contribution in [0.15, 0.2) is 29.3 Å². The number of hydrogen-bond acceptors (Lipinski definition) is 3. The van der Waals surface area contributed by atoms with Gasteiger partial charge in [-0.3, -0.25) is 0 Å². The second kappa shape index (κ2) is 4.07. The molecule has 1 fully saturated rings. The van der Waals surface area contributed by atoms with Crippen LogP contribution in [0.2, 0.25) is 0 Å². The largest absolute Gasteiger partial charge is 0.490 e. The predicted molar refractivity (Wildman–Crippen MR) is 51.9 cm³/mol. The highest BCUT2D eigenvalue weighted by Crippen LogP contribution is 2.26. The standard InChI is InChI=1S/C11H11NO2/c13-8-12-7-9-1-3-10(4-2-9)14-11-5-6-11/h1-4,11H,5-7H2.